The summed E-state index contributed by atoms with van der Waals surface area (Å²) in [5, 5.41) is 2.62. The minimum Gasteiger partial charge on any atom is -0.310 e. The Hall–Kier alpha value is -8.76. The number of fused-ring (bicyclic) bond motifs is 3. The summed E-state index contributed by atoms with van der Waals surface area (Å²) >= 11 is 1.87. The van der Waals surface area contributed by atoms with Crippen LogP contribution in [0.5, 0.6) is 0 Å². The lowest BCUT2D eigenvalue weighted by Gasteiger charge is -2.29. The minimum atomic E-state index is 1.07. The van der Waals surface area contributed by atoms with Crippen LogP contribution in [-0.4, -0.2) is 0 Å². The van der Waals surface area contributed by atoms with Gasteiger partial charge in [0.15, 0.2) is 0 Å². The number of hydrogen-bond donors (Lipinski definition) is 0. The van der Waals surface area contributed by atoms with Crippen molar-refractivity contribution in [3.05, 3.63) is 279 Å². The zero-order valence-electron chi connectivity index (χ0n) is 37.9. The quantitative estimate of drug-likeness (QED) is 0.128. The van der Waals surface area contributed by atoms with Crippen LogP contribution >= 0.6 is 11.3 Å². The lowest BCUT2D eigenvalue weighted by Crippen LogP contribution is -2.12. The molecule has 1 aromatic heterocycles. The fourth-order valence-corrected chi connectivity index (χ4v) is 10.9. The topological polar surface area (TPSA) is 6.48 Å². The molecule has 0 fully saturated rings. The van der Waals surface area contributed by atoms with E-state index in [9.17, 15) is 0 Å². The molecule has 0 saturated carbocycles. The maximum atomic E-state index is 2.39. The molecule has 0 atom stereocenters. The van der Waals surface area contributed by atoms with Gasteiger partial charge in [-0.15, -0.1) is 11.3 Å². The lowest BCUT2D eigenvalue weighted by atomic mass is 9.99. The number of benzene rings is 11. The molecule has 69 heavy (non-hydrogen) atoms. The van der Waals surface area contributed by atoms with Crippen molar-refractivity contribution in [2.45, 2.75) is 0 Å². The summed E-state index contributed by atoms with van der Waals surface area (Å²) in [4.78, 5) is 4.77. The van der Waals surface area contributed by atoms with Gasteiger partial charge in [-0.3, -0.25) is 0 Å². The molecule has 326 valence electrons. The van der Waals surface area contributed by atoms with Crippen LogP contribution < -0.4 is 9.80 Å². The molecule has 0 bridgehead atoms. The highest BCUT2D eigenvalue weighted by atomic mass is 32.1. The van der Waals surface area contributed by atoms with Gasteiger partial charge in [0.05, 0.1) is 5.69 Å². The maximum Gasteiger partial charge on any atom is 0.0540 e. The molecule has 12 rings (SSSR count). The third-order valence-electron chi connectivity index (χ3n) is 13.1. The SMILES string of the molecule is c1ccc(-c2ccc(N(c3ccc(-c4cccc5c4sc4ccccc45)cc3)c3cccc(-c4ccccc4N(c4ccc(-c5ccccc5)cc4)c4ccc(-c5ccccc5)cc4)c3)cc2)cc1. The van der Waals surface area contributed by atoms with E-state index < -0.39 is 0 Å². The molecule has 0 spiro atoms. The van der Waals surface area contributed by atoms with Crippen molar-refractivity contribution in [3.8, 4) is 55.6 Å². The number of anilines is 6. The largest absolute Gasteiger partial charge is 0.310 e. The van der Waals surface area contributed by atoms with Gasteiger partial charge in [-0.1, -0.05) is 206 Å². The van der Waals surface area contributed by atoms with Crippen LogP contribution in [0.1, 0.15) is 0 Å². The summed E-state index contributed by atoms with van der Waals surface area (Å²) in [6, 6.07) is 101. The van der Waals surface area contributed by atoms with Crippen LogP contribution in [0.3, 0.4) is 0 Å². The van der Waals surface area contributed by atoms with Crippen LogP contribution in [0.15, 0.2) is 279 Å². The lowest BCUT2D eigenvalue weighted by molar-refractivity contribution is 1.27. The zero-order chi connectivity index (χ0) is 45.9. The Morgan fingerprint density at radius 1 is 0.232 bits per heavy atom. The predicted octanol–water partition coefficient (Wildman–Crippen LogP) is 19.3. The smallest absolute Gasteiger partial charge is 0.0540 e. The van der Waals surface area contributed by atoms with Gasteiger partial charge in [-0.05, 0) is 123 Å². The minimum absolute atomic E-state index is 1.07. The molecular weight excluding hydrogens is 853 g/mol. The average Bonchev–Trinajstić information content (AvgIpc) is 3.82. The van der Waals surface area contributed by atoms with E-state index >= 15 is 0 Å². The second-order valence-corrected chi connectivity index (χ2v) is 18.4. The first kappa shape index (κ1) is 41.7. The molecule has 0 aliphatic carbocycles. The Bertz CT molecular complexity index is 3590. The van der Waals surface area contributed by atoms with Crippen molar-refractivity contribution in [3.63, 3.8) is 0 Å². The zero-order valence-corrected chi connectivity index (χ0v) is 38.7. The first-order valence-electron chi connectivity index (χ1n) is 23.5. The second kappa shape index (κ2) is 18.5. The molecule has 12 aromatic rings. The van der Waals surface area contributed by atoms with Crippen molar-refractivity contribution >= 4 is 65.6 Å². The van der Waals surface area contributed by atoms with Gasteiger partial charge in [0.2, 0.25) is 0 Å². The Balaban J connectivity index is 0.960. The molecule has 2 nitrogen and oxygen atoms in total. The predicted molar refractivity (Wildman–Crippen MR) is 296 cm³/mol. The van der Waals surface area contributed by atoms with Crippen LogP contribution in [0.2, 0.25) is 0 Å². The van der Waals surface area contributed by atoms with E-state index in [0.29, 0.717) is 0 Å². The van der Waals surface area contributed by atoms with Gasteiger partial charge in [0.25, 0.3) is 0 Å². The first-order valence-corrected chi connectivity index (χ1v) is 24.3. The molecule has 0 unspecified atom stereocenters. The van der Waals surface area contributed by atoms with Crippen LogP contribution in [-0.2, 0) is 0 Å². The number of rotatable bonds is 11. The molecular formula is C66H46N2S. The van der Waals surface area contributed by atoms with Gasteiger partial charge in [0.1, 0.15) is 0 Å². The Kier molecular flexibility index (Phi) is 11.2. The Morgan fingerprint density at radius 3 is 1.17 bits per heavy atom. The van der Waals surface area contributed by atoms with E-state index in [4.69, 9.17) is 0 Å². The van der Waals surface area contributed by atoms with Crippen molar-refractivity contribution < 1.29 is 0 Å². The third kappa shape index (κ3) is 8.27. The molecule has 0 saturated heterocycles. The van der Waals surface area contributed by atoms with E-state index in [1.165, 1.54) is 64.7 Å². The van der Waals surface area contributed by atoms with Gasteiger partial charge in [0, 0.05) is 54.2 Å². The standard InChI is InChI=1S/C66H46N2S/c1-4-16-47(17-5-1)50-30-38-55(39-31-50)67(56-44-36-53(37-45-56)61-26-15-27-63-62-25-11-13-29-65(62)69-66(61)63)59-23-14-22-54(46-59)60-24-10-12-28-64(60)68(57-40-32-51(33-41-57)48-18-6-2-7-19-48)58-42-34-52(35-43-58)49-20-8-3-9-21-49/h1-46H. The van der Waals surface area contributed by atoms with Crippen molar-refractivity contribution in [2.24, 2.45) is 0 Å². The van der Waals surface area contributed by atoms with Gasteiger partial charge < -0.3 is 9.80 Å². The highest BCUT2D eigenvalue weighted by Crippen LogP contribution is 2.45. The van der Waals surface area contributed by atoms with Gasteiger partial charge in [-0.2, -0.15) is 0 Å². The summed E-state index contributed by atoms with van der Waals surface area (Å²) < 4.78 is 2.63. The molecule has 0 amide bonds. The monoisotopic (exact) mass is 898 g/mol. The number of hydrogen-bond acceptors (Lipinski definition) is 3. The van der Waals surface area contributed by atoms with E-state index in [0.717, 1.165) is 45.3 Å². The van der Waals surface area contributed by atoms with E-state index in [1.807, 2.05) is 11.3 Å². The van der Waals surface area contributed by atoms with Crippen molar-refractivity contribution in [1.29, 1.82) is 0 Å². The molecule has 3 heteroatoms. The van der Waals surface area contributed by atoms with Crippen LogP contribution in [0, 0.1) is 0 Å². The van der Waals surface area contributed by atoms with E-state index in [2.05, 4.69) is 289 Å². The Labute approximate surface area is 407 Å². The summed E-state index contributed by atoms with van der Waals surface area (Å²) in [6.07, 6.45) is 0. The molecule has 0 radical (unpaired) electrons. The Morgan fingerprint density at radius 2 is 0.623 bits per heavy atom. The molecule has 1 heterocycles. The summed E-state index contributed by atoms with van der Waals surface area (Å²) in [7, 11) is 0. The number of para-hydroxylation sites is 1. The average molecular weight is 899 g/mol. The van der Waals surface area contributed by atoms with E-state index in [-0.39, 0.29) is 0 Å². The summed E-state index contributed by atoms with van der Waals surface area (Å²) in [5.74, 6) is 0. The van der Waals surface area contributed by atoms with Crippen LogP contribution in [0.25, 0.3) is 75.8 Å². The third-order valence-corrected chi connectivity index (χ3v) is 14.3. The molecule has 0 aliphatic heterocycles. The highest BCUT2D eigenvalue weighted by molar-refractivity contribution is 7.26. The number of nitrogens with zero attached hydrogens (tertiary/aromatic N) is 2. The van der Waals surface area contributed by atoms with Crippen molar-refractivity contribution in [2.75, 3.05) is 9.80 Å². The fraction of sp³-hybridized carbons (Fsp3) is 0. The van der Waals surface area contributed by atoms with Gasteiger partial charge in [-0.25, -0.2) is 0 Å². The first-order chi connectivity index (χ1) is 34.2. The molecule has 11 aromatic carbocycles. The highest BCUT2D eigenvalue weighted by Gasteiger charge is 2.20. The van der Waals surface area contributed by atoms with Crippen molar-refractivity contribution in [1.82, 2.24) is 0 Å². The molecule has 0 N–H and O–H groups in total. The summed E-state index contributed by atoms with van der Waals surface area (Å²) in [6.45, 7) is 0. The van der Waals surface area contributed by atoms with Gasteiger partial charge >= 0.3 is 0 Å². The number of thiophene rings is 1. The molecule has 0 aliphatic rings. The van der Waals surface area contributed by atoms with E-state index in [1.54, 1.807) is 0 Å². The van der Waals surface area contributed by atoms with Crippen LogP contribution in [0.4, 0.5) is 34.1 Å². The second-order valence-electron chi connectivity index (χ2n) is 17.3. The fourth-order valence-electron chi connectivity index (χ4n) is 9.66. The normalized spacial score (nSPS) is 11.2. The summed E-state index contributed by atoms with van der Waals surface area (Å²) in [5.41, 5.74) is 18.3. The maximum absolute atomic E-state index is 2.39.